The second kappa shape index (κ2) is 12.8. The summed E-state index contributed by atoms with van der Waals surface area (Å²) in [6, 6.07) is -0.908. The summed E-state index contributed by atoms with van der Waals surface area (Å²) in [6.45, 7) is 10.5. The standard InChI is InChI=1S/C27H43FN4O8/c1-9-18-27(7)20(32(24(37)40-27)13-11-10-12-30-31-29)16(3)19(33)15(2)14-25(5,38-8)21(34)17(4)22(35)26(6,28)23(36)39-18/h15-18,20-21,34H,9-14H2,1-8H3/t15-,16+,17?,18?,20-,21-,25+,26?,27-/m1/s1. The number of carbonyl (C=O) groups is 4. The number of amides is 1. The maximum Gasteiger partial charge on any atom is 0.410 e. The second-order valence-electron chi connectivity index (χ2n) is 11.6. The zero-order valence-corrected chi connectivity index (χ0v) is 24.7. The molecule has 13 heteroatoms. The van der Waals surface area contributed by atoms with Crippen molar-refractivity contribution in [3.63, 3.8) is 0 Å². The van der Waals surface area contributed by atoms with E-state index in [4.69, 9.17) is 19.7 Å². The lowest BCUT2D eigenvalue weighted by Crippen LogP contribution is -2.60. The minimum Gasteiger partial charge on any atom is -0.455 e. The Balaban J connectivity index is 2.65. The van der Waals surface area contributed by atoms with Gasteiger partial charge in [0.05, 0.1) is 17.7 Å². The van der Waals surface area contributed by atoms with Crippen LogP contribution in [0.1, 0.15) is 74.1 Å². The van der Waals surface area contributed by atoms with Gasteiger partial charge in [0, 0.05) is 42.9 Å². The largest absolute Gasteiger partial charge is 0.455 e. The van der Waals surface area contributed by atoms with E-state index in [9.17, 15) is 24.3 Å². The molecule has 2 saturated heterocycles. The number of cyclic esters (lactones) is 1. The summed E-state index contributed by atoms with van der Waals surface area (Å²) in [7, 11) is 1.32. The first-order valence-electron chi connectivity index (χ1n) is 13.7. The van der Waals surface area contributed by atoms with E-state index < -0.39 is 70.7 Å². The molecule has 0 aromatic carbocycles. The van der Waals surface area contributed by atoms with Crippen molar-refractivity contribution in [1.82, 2.24) is 4.90 Å². The topological polar surface area (TPSA) is 168 Å². The van der Waals surface area contributed by atoms with Gasteiger partial charge < -0.3 is 24.2 Å². The molecule has 2 aliphatic heterocycles. The molecule has 0 aliphatic carbocycles. The SMILES string of the molecule is CCC1OC(=O)C(C)(F)C(=O)C(C)[C@@H](O)[C@@](C)(OC)C[C@@H](C)C(=O)[C@H](C)[C@H]2N(CCCCN=[N+]=[N-])C(=O)O[C@]12C. The molecule has 2 rings (SSSR count). The minimum absolute atomic E-state index is 0.0134. The first-order chi connectivity index (χ1) is 18.5. The van der Waals surface area contributed by atoms with E-state index in [0.717, 1.165) is 6.92 Å². The molecule has 1 N–H and O–H groups in total. The highest BCUT2D eigenvalue weighted by Crippen LogP contribution is 2.42. The van der Waals surface area contributed by atoms with E-state index in [1.165, 1.54) is 25.9 Å². The zero-order valence-electron chi connectivity index (χ0n) is 24.7. The molecule has 0 bridgehead atoms. The molecule has 40 heavy (non-hydrogen) atoms. The van der Waals surface area contributed by atoms with Gasteiger partial charge in [-0.15, -0.1) is 0 Å². The summed E-state index contributed by atoms with van der Waals surface area (Å²) >= 11 is 0. The summed E-state index contributed by atoms with van der Waals surface area (Å²) in [5, 5.41) is 14.6. The van der Waals surface area contributed by atoms with E-state index in [-0.39, 0.29) is 31.7 Å². The first-order valence-corrected chi connectivity index (χ1v) is 13.7. The number of aliphatic hydroxyl groups is 1. The Labute approximate surface area is 234 Å². The molecule has 9 atom stereocenters. The van der Waals surface area contributed by atoms with Crippen LogP contribution in [0.2, 0.25) is 0 Å². The number of rotatable bonds is 7. The number of unbranched alkanes of at least 4 members (excludes halogenated alkanes) is 1. The van der Waals surface area contributed by atoms with E-state index >= 15 is 4.39 Å². The number of alkyl halides is 1. The van der Waals surface area contributed by atoms with Crippen LogP contribution in [0.15, 0.2) is 5.11 Å². The number of aliphatic hydroxyl groups excluding tert-OH is 1. The van der Waals surface area contributed by atoms with Crippen LogP contribution >= 0.6 is 0 Å². The molecule has 3 unspecified atom stereocenters. The molecule has 0 aromatic heterocycles. The van der Waals surface area contributed by atoms with Crippen molar-refractivity contribution in [2.75, 3.05) is 20.2 Å². The van der Waals surface area contributed by atoms with Gasteiger partial charge in [0.2, 0.25) is 0 Å². The van der Waals surface area contributed by atoms with Crippen LogP contribution in [0.3, 0.4) is 0 Å². The van der Waals surface area contributed by atoms with Gasteiger partial charge in [-0.3, -0.25) is 9.59 Å². The van der Waals surface area contributed by atoms with Crippen LogP contribution in [0.5, 0.6) is 0 Å². The third-order valence-corrected chi connectivity index (χ3v) is 8.64. The maximum absolute atomic E-state index is 15.8. The van der Waals surface area contributed by atoms with Crippen molar-refractivity contribution in [2.45, 2.75) is 109 Å². The van der Waals surface area contributed by atoms with E-state index in [0.29, 0.717) is 12.8 Å². The van der Waals surface area contributed by atoms with Crippen LogP contribution in [0.25, 0.3) is 10.4 Å². The molecule has 1 amide bonds. The van der Waals surface area contributed by atoms with Crippen molar-refractivity contribution < 1.29 is 42.9 Å². The number of carbonyl (C=O) groups excluding carboxylic acids is 4. The molecule has 0 saturated carbocycles. The number of ketones is 2. The lowest BCUT2D eigenvalue weighted by molar-refractivity contribution is -0.183. The van der Waals surface area contributed by atoms with Gasteiger partial charge in [0.15, 0.2) is 11.4 Å². The number of Topliss-reactive ketones (excluding diaryl/α,β-unsaturated/α-hetero) is 2. The molecule has 12 nitrogen and oxygen atoms in total. The number of methoxy groups -OCH3 is 1. The predicted octanol–water partition coefficient (Wildman–Crippen LogP) is 3.92. The molecule has 2 fully saturated rings. The molecule has 2 aliphatic rings. The summed E-state index contributed by atoms with van der Waals surface area (Å²) in [4.78, 5) is 57.5. The number of azide groups is 1. The highest BCUT2D eigenvalue weighted by Gasteiger charge is 2.61. The first kappa shape index (κ1) is 33.4. The maximum atomic E-state index is 15.8. The van der Waals surface area contributed by atoms with Crippen molar-refractivity contribution in [1.29, 1.82) is 0 Å². The molecule has 0 radical (unpaired) electrons. The van der Waals surface area contributed by atoms with E-state index in [1.807, 2.05) is 0 Å². The van der Waals surface area contributed by atoms with Gasteiger partial charge >= 0.3 is 12.1 Å². The van der Waals surface area contributed by atoms with Crippen LogP contribution in [-0.4, -0.2) is 89.0 Å². The van der Waals surface area contributed by atoms with Gasteiger partial charge in [-0.1, -0.05) is 32.8 Å². The summed E-state index contributed by atoms with van der Waals surface area (Å²) in [5.41, 5.74) is 2.41. The van der Waals surface area contributed by atoms with Crippen LogP contribution in [0.4, 0.5) is 9.18 Å². The number of halogens is 1. The lowest BCUT2D eigenvalue weighted by atomic mass is 9.73. The van der Waals surface area contributed by atoms with Gasteiger partial charge in [-0.25, -0.2) is 14.0 Å². The van der Waals surface area contributed by atoms with E-state index in [1.54, 1.807) is 27.7 Å². The summed E-state index contributed by atoms with van der Waals surface area (Å²) in [6.07, 6.45) is -2.46. The molecule has 226 valence electrons. The number of hydrogen-bond donors (Lipinski definition) is 1. The van der Waals surface area contributed by atoms with Crippen molar-refractivity contribution in [3.8, 4) is 0 Å². The average Bonchev–Trinajstić information content (AvgIpc) is 3.17. The van der Waals surface area contributed by atoms with Crippen molar-refractivity contribution in [2.24, 2.45) is 22.9 Å². The third kappa shape index (κ3) is 6.26. The molecular formula is C27H43FN4O8. The molecule has 0 aromatic rings. The molecular weight excluding hydrogens is 527 g/mol. The van der Waals surface area contributed by atoms with Gasteiger partial charge in [0.1, 0.15) is 11.9 Å². The van der Waals surface area contributed by atoms with Crippen LogP contribution in [-0.2, 0) is 28.6 Å². The smallest absolute Gasteiger partial charge is 0.410 e. The fourth-order valence-electron chi connectivity index (χ4n) is 6.18. The normalized spacial score (nSPS) is 39.6. The van der Waals surface area contributed by atoms with Crippen LogP contribution in [0, 0.1) is 17.8 Å². The third-order valence-electron chi connectivity index (χ3n) is 8.64. The molecule has 0 spiro atoms. The number of nitrogens with zero attached hydrogens (tertiary/aromatic N) is 4. The molecule has 2 heterocycles. The Bertz CT molecular complexity index is 1030. The number of fused-ring (bicyclic) bond motifs is 1. The fourth-order valence-corrected chi connectivity index (χ4v) is 6.18. The summed E-state index contributed by atoms with van der Waals surface area (Å²) in [5.74, 6) is -5.82. The Morgan fingerprint density at radius 3 is 2.33 bits per heavy atom. The van der Waals surface area contributed by atoms with E-state index in [2.05, 4.69) is 10.0 Å². The predicted molar refractivity (Wildman–Crippen MR) is 142 cm³/mol. The Morgan fingerprint density at radius 2 is 1.77 bits per heavy atom. The minimum atomic E-state index is -3.12. The quantitative estimate of drug-likeness (QED) is 0.120. The Kier molecular flexibility index (Phi) is 10.7. The number of esters is 1. The number of hydrogen-bond acceptors (Lipinski definition) is 9. The van der Waals surface area contributed by atoms with Gasteiger partial charge in [-0.05, 0) is 52.0 Å². The van der Waals surface area contributed by atoms with Crippen LogP contribution < -0.4 is 0 Å². The highest BCUT2D eigenvalue weighted by atomic mass is 19.1. The Morgan fingerprint density at radius 1 is 1.15 bits per heavy atom. The lowest BCUT2D eigenvalue weighted by Gasteiger charge is -2.43. The highest BCUT2D eigenvalue weighted by molar-refractivity contribution is 6.07. The van der Waals surface area contributed by atoms with Crippen molar-refractivity contribution >= 4 is 23.6 Å². The second-order valence-corrected chi connectivity index (χ2v) is 11.6. The fraction of sp³-hybridized carbons (Fsp3) is 0.852. The monoisotopic (exact) mass is 570 g/mol. The van der Waals surface area contributed by atoms with Gasteiger partial charge in [0.25, 0.3) is 5.67 Å². The Hall–Kier alpha value is -2.76. The summed E-state index contributed by atoms with van der Waals surface area (Å²) < 4.78 is 32.8. The zero-order chi connectivity index (χ0) is 30.6. The average molecular weight is 571 g/mol. The van der Waals surface area contributed by atoms with Gasteiger partial charge in [-0.2, -0.15) is 0 Å². The van der Waals surface area contributed by atoms with Crippen molar-refractivity contribution in [3.05, 3.63) is 10.4 Å². The number of ether oxygens (including phenoxy) is 3.